The van der Waals surface area contributed by atoms with Crippen LogP contribution in [-0.4, -0.2) is 11.0 Å². The van der Waals surface area contributed by atoms with Gasteiger partial charge in [0.1, 0.15) is 5.01 Å². The maximum absolute atomic E-state index is 4.93. The van der Waals surface area contributed by atoms with Crippen molar-refractivity contribution >= 4 is 11.3 Å². The molecule has 0 aromatic carbocycles. The zero-order valence-corrected chi connectivity index (χ0v) is 11.1. The van der Waals surface area contributed by atoms with Crippen molar-refractivity contribution in [3.8, 4) is 0 Å². The van der Waals surface area contributed by atoms with Gasteiger partial charge in [0.25, 0.3) is 0 Å². The topological polar surface area (TPSA) is 24.9 Å². The third-order valence-electron chi connectivity index (χ3n) is 4.49. The van der Waals surface area contributed by atoms with Crippen molar-refractivity contribution in [2.75, 3.05) is 0 Å². The number of thiazole rings is 1. The second kappa shape index (κ2) is 4.06. The predicted molar refractivity (Wildman–Crippen MR) is 70.4 cm³/mol. The molecule has 1 aromatic rings. The lowest BCUT2D eigenvalue weighted by Crippen LogP contribution is -2.33. The Hall–Kier alpha value is -0.410. The molecule has 1 unspecified atom stereocenters. The van der Waals surface area contributed by atoms with E-state index in [4.69, 9.17) is 4.98 Å². The second-order valence-corrected chi connectivity index (χ2v) is 7.00. The summed E-state index contributed by atoms with van der Waals surface area (Å²) in [5.41, 5.74) is 1.42. The van der Waals surface area contributed by atoms with Crippen molar-refractivity contribution in [3.05, 3.63) is 15.6 Å². The monoisotopic (exact) mass is 248 g/mol. The normalized spacial score (nSPS) is 25.6. The van der Waals surface area contributed by atoms with E-state index < -0.39 is 0 Å². The van der Waals surface area contributed by atoms with Gasteiger partial charge in [-0.25, -0.2) is 4.98 Å². The highest BCUT2D eigenvalue weighted by Gasteiger charge is 2.35. The fourth-order valence-electron chi connectivity index (χ4n) is 3.03. The van der Waals surface area contributed by atoms with Crippen molar-refractivity contribution in [1.29, 1.82) is 0 Å². The molecule has 1 aromatic heterocycles. The van der Waals surface area contributed by atoms with Gasteiger partial charge in [0.2, 0.25) is 0 Å². The molecule has 4 rings (SSSR count). The largest absolute Gasteiger partial charge is 0.305 e. The lowest BCUT2D eigenvalue weighted by atomic mass is 9.80. The average molecular weight is 248 g/mol. The van der Waals surface area contributed by atoms with Gasteiger partial charge in [0.15, 0.2) is 0 Å². The van der Waals surface area contributed by atoms with E-state index in [-0.39, 0.29) is 0 Å². The SMILES string of the molecule is C1Cc2nc(C(NC3CC3)C3CCC3)sc2C1. The highest BCUT2D eigenvalue weighted by molar-refractivity contribution is 7.11. The van der Waals surface area contributed by atoms with Crippen molar-refractivity contribution in [2.24, 2.45) is 5.92 Å². The van der Waals surface area contributed by atoms with Crippen molar-refractivity contribution in [2.45, 2.75) is 63.5 Å². The van der Waals surface area contributed by atoms with Crippen LogP contribution in [0.1, 0.15) is 60.1 Å². The fourth-order valence-corrected chi connectivity index (χ4v) is 4.34. The number of hydrogen-bond acceptors (Lipinski definition) is 3. The number of aromatic nitrogens is 1. The van der Waals surface area contributed by atoms with E-state index in [2.05, 4.69) is 5.32 Å². The van der Waals surface area contributed by atoms with Gasteiger partial charge in [-0.3, -0.25) is 0 Å². The first-order chi connectivity index (χ1) is 8.40. The summed E-state index contributed by atoms with van der Waals surface area (Å²) in [6, 6.07) is 1.39. The Morgan fingerprint density at radius 1 is 1.12 bits per heavy atom. The fraction of sp³-hybridized carbons (Fsp3) is 0.786. The molecule has 1 heterocycles. The van der Waals surface area contributed by atoms with Crippen LogP contribution in [0.5, 0.6) is 0 Å². The van der Waals surface area contributed by atoms with Crippen LogP contribution in [0.4, 0.5) is 0 Å². The summed E-state index contributed by atoms with van der Waals surface area (Å²) in [7, 11) is 0. The minimum Gasteiger partial charge on any atom is -0.305 e. The third-order valence-corrected chi connectivity index (χ3v) is 5.73. The predicted octanol–water partition coefficient (Wildman–Crippen LogP) is 3.23. The first-order valence-corrected chi connectivity index (χ1v) is 7.96. The Labute approximate surface area is 107 Å². The molecule has 1 N–H and O–H groups in total. The molecule has 17 heavy (non-hydrogen) atoms. The molecule has 0 aliphatic heterocycles. The first kappa shape index (κ1) is 10.5. The Kier molecular flexibility index (Phi) is 2.51. The average Bonchev–Trinajstić information content (AvgIpc) is 2.81. The van der Waals surface area contributed by atoms with Gasteiger partial charge in [0.05, 0.1) is 11.7 Å². The minimum atomic E-state index is 0.590. The number of nitrogens with zero attached hydrogens (tertiary/aromatic N) is 1. The van der Waals surface area contributed by atoms with E-state index in [9.17, 15) is 0 Å². The maximum atomic E-state index is 4.93. The molecule has 0 bridgehead atoms. The summed E-state index contributed by atoms with van der Waals surface area (Å²) in [6.07, 6.45) is 10.9. The van der Waals surface area contributed by atoms with Crippen LogP contribution in [0.25, 0.3) is 0 Å². The number of nitrogens with one attached hydrogen (secondary N) is 1. The van der Waals surface area contributed by atoms with Gasteiger partial charge in [0, 0.05) is 10.9 Å². The van der Waals surface area contributed by atoms with Crippen LogP contribution in [0, 0.1) is 5.92 Å². The Morgan fingerprint density at radius 3 is 2.65 bits per heavy atom. The van der Waals surface area contributed by atoms with E-state index in [1.54, 1.807) is 4.88 Å². The lowest BCUT2D eigenvalue weighted by Gasteiger charge is -2.33. The summed E-state index contributed by atoms with van der Waals surface area (Å²) in [6.45, 7) is 0. The van der Waals surface area contributed by atoms with Crippen molar-refractivity contribution in [3.63, 3.8) is 0 Å². The van der Waals surface area contributed by atoms with Crippen LogP contribution in [0.3, 0.4) is 0 Å². The zero-order valence-electron chi connectivity index (χ0n) is 10.2. The second-order valence-electron chi connectivity index (χ2n) is 5.89. The number of hydrogen-bond donors (Lipinski definition) is 1. The molecule has 3 heteroatoms. The third kappa shape index (κ3) is 1.93. The first-order valence-electron chi connectivity index (χ1n) is 7.14. The van der Waals surface area contributed by atoms with Gasteiger partial charge >= 0.3 is 0 Å². The summed E-state index contributed by atoms with van der Waals surface area (Å²) in [5, 5.41) is 5.25. The quantitative estimate of drug-likeness (QED) is 0.885. The Balaban J connectivity index is 1.58. The van der Waals surface area contributed by atoms with E-state index >= 15 is 0 Å². The van der Waals surface area contributed by atoms with Gasteiger partial charge in [-0.15, -0.1) is 11.3 Å². The molecule has 92 valence electrons. The van der Waals surface area contributed by atoms with Gasteiger partial charge in [-0.2, -0.15) is 0 Å². The van der Waals surface area contributed by atoms with E-state index in [0.29, 0.717) is 6.04 Å². The highest BCUT2D eigenvalue weighted by Crippen LogP contribution is 2.42. The number of aryl methyl sites for hydroxylation is 2. The molecule has 2 saturated carbocycles. The lowest BCUT2D eigenvalue weighted by molar-refractivity contribution is 0.228. The van der Waals surface area contributed by atoms with E-state index in [1.165, 1.54) is 62.1 Å². The Bertz CT molecular complexity index is 396. The standard InChI is InChI=1S/C14H20N2S/c1-3-9(4-1)13(15-10-7-8-10)14-16-11-5-2-6-12(11)17-14/h9-10,13,15H,1-8H2. The number of rotatable bonds is 4. The smallest absolute Gasteiger partial charge is 0.110 e. The molecule has 0 radical (unpaired) electrons. The van der Waals surface area contributed by atoms with Crippen LogP contribution in [0.15, 0.2) is 0 Å². The van der Waals surface area contributed by atoms with Gasteiger partial charge in [-0.05, 0) is 50.9 Å². The highest BCUT2D eigenvalue weighted by atomic mass is 32.1. The zero-order chi connectivity index (χ0) is 11.2. The molecule has 0 amide bonds. The summed E-state index contributed by atoms with van der Waals surface area (Å²) in [4.78, 5) is 6.52. The molecule has 1 atom stereocenters. The van der Waals surface area contributed by atoms with Crippen LogP contribution in [0.2, 0.25) is 0 Å². The maximum Gasteiger partial charge on any atom is 0.110 e. The molecule has 0 spiro atoms. The molecular formula is C14H20N2S. The van der Waals surface area contributed by atoms with Gasteiger partial charge < -0.3 is 5.32 Å². The summed E-state index contributed by atoms with van der Waals surface area (Å²) >= 11 is 2.00. The van der Waals surface area contributed by atoms with E-state index in [1.807, 2.05) is 11.3 Å². The van der Waals surface area contributed by atoms with Crippen molar-refractivity contribution < 1.29 is 0 Å². The minimum absolute atomic E-state index is 0.590. The molecule has 2 fully saturated rings. The molecular weight excluding hydrogens is 228 g/mol. The molecule has 0 saturated heterocycles. The summed E-state index contributed by atoms with van der Waals surface area (Å²) < 4.78 is 0. The molecule has 3 aliphatic rings. The van der Waals surface area contributed by atoms with Crippen molar-refractivity contribution in [1.82, 2.24) is 10.3 Å². The van der Waals surface area contributed by atoms with Crippen LogP contribution < -0.4 is 5.32 Å². The molecule has 2 nitrogen and oxygen atoms in total. The van der Waals surface area contributed by atoms with Crippen LogP contribution >= 0.6 is 11.3 Å². The number of fused-ring (bicyclic) bond motifs is 1. The van der Waals surface area contributed by atoms with Gasteiger partial charge in [-0.1, -0.05) is 6.42 Å². The van der Waals surface area contributed by atoms with Crippen LogP contribution in [-0.2, 0) is 12.8 Å². The summed E-state index contributed by atoms with van der Waals surface area (Å²) in [5.74, 6) is 0.877. The molecule has 3 aliphatic carbocycles. The Morgan fingerprint density at radius 2 is 2.00 bits per heavy atom. The van der Waals surface area contributed by atoms with E-state index in [0.717, 1.165) is 12.0 Å².